The van der Waals surface area contributed by atoms with E-state index in [0.717, 1.165) is 29.5 Å². The maximum atomic E-state index is 6.05. The van der Waals surface area contributed by atoms with Crippen LogP contribution < -0.4 is 10.1 Å². The van der Waals surface area contributed by atoms with E-state index in [1.54, 1.807) is 0 Å². The lowest BCUT2D eigenvalue weighted by molar-refractivity contribution is 0.0975. The molecule has 1 aromatic heterocycles. The lowest BCUT2D eigenvalue weighted by Crippen LogP contribution is -2.28. The number of hydrogen-bond acceptors (Lipinski definition) is 4. The monoisotopic (exact) mass is 249 g/mol. The first-order valence-corrected chi connectivity index (χ1v) is 6.72. The zero-order valence-corrected chi connectivity index (χ0v) is 12.0. The van der Waals surface area contributed by atoms with Crippen LogP contribution in [0.15, 0.2) is 0 Å². The lowest BCUT2D eigenvalue weighted by atomic mass is 10.1. The second-order valence-corrected chi connectivity index (χ2v) is 5.60. The molecule has 0 aliphatic heterocycles. The van der Waals surface area contributed by atoms with Crippen LogP contribution in [0.25, 0.3) is 0 Å². The molecular weight excluding hydrogens is 226 g/mol. The molecular formula is C14H23N3O. The summed E-state index contributed by atoms with van der Waals surface area (Å²) in [5, 5.41) is 3.13. The van der Waals surface area contributed by atoms with Crippen LogP contribution in [0.1, 0.15) is 57.3 Å². The predicted octanol–water partition coefficient (Wildman–Crippen LogP) is 3.27. The molecule has 1 aliphatic carbocycles. The van der Waals surface area contributed by atoms with Gasteiger partial charge in [-0.2, -0.15) is 4.98 Å². The number of aromatic nitrogens is 2. The molecule has 1 N–H and O–H groups in total. The van der Waals surface area contributed by atoms with Crippen molar-refractivity contribution < 1.29 is 4.74 Å². The van der Waals surface area contributed by atoms with Crippen molar-refractivity contribution in [2.45, 2.75) is 58.5 Å². The molecule has 0 saturated heterocycles. The van der Waals surface area contributed by atoms with E-state index >= 15 is 0 Å². The molecule has 0 bridgehead atoms. The molecule has 0 unspecified atom stereocenters. The zero-order chi connectivity index (χ0) is 13.3. The third-order valence-electron chi connectivity index (χ3n) is 3.52. The molecule has 18 heavy (non-hydrogen) atoms. The number of nitrogens with one attached hydrogen (secondary N) is 1. The summed E-state index contributed by atoms with van der Waals surface area (Å²) in [7, 11) is 1.89. The van der Waals surface area contributed by atoms with E-state index in [-0.39, 0.29) is 5.60 Å². The number of ether oxygens (including phenoxy) is 1. The van der Waals surface area contributed by atoms with Crippen molar-refractivity contribution >= 4 is 5.82 Å². The van der Waals surface area contributed by atoms with E-state index in [4.69, 9.17) is 4.74 Å². The van der Waals surface area contributed by atoms with Crippen molar-refractivity contribution in [3.63, 3.8) is 0 Å². The quantitative estimate of drug-likeness (QED) is 0.870. The van der Waals surface area contributed by atoms with Crippen molar-refractivity contribution in [1.29, 1.82) is 0 Å². The molecule has 4 heteroatoms. The molecule has 4 nitrogen and oxygen atoms in total. The Balaban J connectivity index is 2.35. The van der Waals surface area contributed by atoms with Gasteiger partial charge in [-0.05, 0) is 40.0 Å². The summed E-state index contributed by atoms with van der Waals surface area (Å²) in [5.74, 6) is 3.06. The molecule has 0 amide bonds. The highest BCUT2D eigenvalue weighted by atomic mass is 16.5. The molecule has 1 aliphatic rings. The van der Waals surface area contributed by atoms with Gasteiger partial charge in [-0.3, -0.25) is 0 Å². The Hall–Kier alpha value is -1.32. The Morgan fingerprint density at radius 2 is 2.00 bits per heavy atom. The number of hydrogen-bond donors (Lipinski definition) is 1. The molecule has 100 valence electrons. The van der Waals surface area contributed by atoms with Crippen LogP contribution in [0.4, 0.5) is 5.82 Å². The first-order chi connectivity index (χ1) is 8.46. The first-order valence-electron chi connectivity index (χ1n) is 6.72. The van der Waals surface area contributed by atoms with Crippen LogP contribution in [-0.2, 0) is 0 Å². The van der Waals surface area contributed by atoms with E-state index < -0.39 is 0 Å². The normalized spacial score (nSPS) is 15.6. The molecule has 1 aromatic rings. The minimum absolute atomic E-state index is 0.190. The van der Waals surface area contributed by atoms with Crippen molar-refractivity contribution in [3.8, 4) is 5.88 Å². The van der Waals surface area contributed by atoms with Gasteiger partial charge in [0.15, 0.2) is 0 Å². The second kappa shape index (κ2) is 4.75. The largest absolute Gasteiger partial charge is 0.471 e. The predicted molar refractivity (Wildman–Crippen MR) is 73.3 cm³/mol. The Bertz CT molecular complexity index is 439. The molecule has 0 atom stereocenters. The van der Waals surface area contributed by atoms with Crippen molar-refractivity contribution in [3.05, 3.63) is 11.4 Å². The van der Waals surface area contributed by atoms with Gasteiger partial charge in [0.25, 0.3) is 0 Å². The van der Waals surface area contributed by atoms with E-state index in [1.807, 2.05) is 14.0 Å². The van der Waals surface area contributed by atoms with Crippen molar-refractivity contribution in [2.24, 2.45) is 0 Å². The summed E-state index contributed by atoms with van der Waals surface area (Å²) < 4.78 is 6.05. The fourth-order valence-electron chi connectivity index (χ4n) is 1.71. The average molecular weight is 249 g/mol. The van der Waals surface area contributed by atoms with Gasteiger partial charge in [0.1, 0.15) is 17.2 Å². The lowest BCUT2D eigenvalue weighted by Gasteiger charge is -2.25. The van der Waals surface area contributed by atoms with E-state index in [2.05, 4.69) is 36.1 Å². The Morgan fingerprint density at radius 1 is 1.33 bits per heavy atom. The smallest absolute Gasteiger partial charge is 0.222 e. The highest BCUT2D eigenvalue weighted by Crippen LogP contribution is 2.40. The average Bonchev–Trinajstić information content (AvgIpc) is 3.15. The summed E-state index contributed by atoms with van der Waals surface area (Å²) in [6.07, 6.45) is 3.34. The second-order valence-electron chi connectivity index (χ2n) is 5.60. The fourth-order valence-corrected chi connectivity index (χ4v) is 1.71. The van der Waals surface area contributed by atoms with Crippen molar-refractivity contribution in [1.82, 2.24) is 9.97 Å². The van der Waals surface area contributed by atoms with Crippen LogP contribution in [-0.4, -0.2) is 22.6 Å². The molecule has 1 saturated carbocycles. The Labute approximate surface area is 109 Å². The summed E-state index contributed by atoms with van der Waals surface area (Å²) in [6.45, 7) is 8.30. The third kappa shape index (κ3) is 2.74. The van der Waals surface area contributed by atoms with Crippen LogP contribution >= 0.6 is 0 Å². The number of nitrogens with zero attached hydrogens (tertiary/aromatic N) is 2. The van der Waals surface area contributed by atoms with Gasteiger partial charge in [-0.25, -0.2) is 4.98 Å². The minimum atomic E-state index is -0.190. The van der Waals surface area contributed by atoms with Crippen molar-refractivity contribution in [2.75, 3.05) is 12.4 Å². The van der Waals surface area contributed by atoms with Crippen LogP contribution in [0.5, 0.6) is 5.88 Å². The summed E-state index contributed by atoms with van der Waals surface area (Å²) >= 11 is 0. The molecule has 0 radical (unpaired) electrons. The van der Waals surface area contributed by atoms with Gasteiger partial charge in [-0.15, -0.1) is 0 Å². The van der Waals surface area contributed by atoms with E-state index in [9.17, 15) is 0 Å². The summed E-state index contributed by atoms with van der Waals surface area (Å²) in [4.78, 5) is 9.17. The van der Waals surface area contributed by atoms with Gasteiger partial charge in [0.2, 0.25) is 5.88 Å². The number of anilines is 1. The maximum Gasteiger partial charge on any atom is 0.222 e. The van der Waals surface area contributed by atoms with Gasteiger partial charge < -0.3 is 10.1 Å². The number of rotatable bonds is 5. The maximum absolute atomic E-state index is 6.05. The highest BCUT2D eigenvalue weighted by molar-refractivity contribution is 5.48. The molecule has 1 fully saturated rings. The van der Waals surface area contributed by atoms with Gasteiger partial charge >= 0.3 is 0 Å². The summed E-state index contributed by atoms with van der Waals surface area (Å²) in [6, 6.07) is 0. The van der Waals surface area contributed by atoms with E-state index in [0.29, 0.717) is 5.92 Å². The minimum Gasteiger partial charge on any atom is -0.471 e. The molecule has 1 heterocycles. The highest BCUT2D eigenvalue weighted by Gasteiger charge is 2.29. The first kappa shape index (κ1) is 13.1. The van der Waals surface area contributed by atoms with Gasteiger partial charge in [-0.1, -0.05) is 6.92 Å². The molecule has 0 aromatic carbocycles. The SMILES string of the molecule is CCC(C)(C)Oc1nc(C2CC2)nc(NC)c1C. The molecule has 2 rings (SSSR count). The zero-order valence-electron chi connectivity index (χ0n) is 12.0. The fraction of sp³-hybridized carbons (Fsp3) is 0.714. The third-order valence-corrected chi connectivity index (χ3v) is 3.52. The Kier molecular flexibility index (Phi) is 3.46. The van der Waals surface area contributed by atoms with Crippen LogP contribution in [0.2, 0.25) is 0 Å². The topological polar surface area (TPSA) is 47.0 Å². The Morgan fingerprint density at radius 3 is 2.50 bits per heavy atom. The molecule has 0 spiro atoms. The van der Waals surface area contributed by atoms with Crippen LogP contribution in [0.3, 0.4) is 0 Å². The van der Waals surface area contributed by atoms with Gasteiger partial charge in [0.05, 0.1) is 5.56 Å². The van der Waals surface area contributed by atoms with Gasteiger partial charge in [0, 0.05) is 13.0 Å². The standard InChI is InChI=1S/C14H23N3O/c1-6-14(3,4)18-13-9(2)11(15-5)16-12(17-13)10-7-8-10/h10H,6-8H2,1-5H3,(H,15,16,17). The van der Waals surface area contributed by atoms with Crippen LogP contribution in [0, 0.1) is 6.92 Å². The van der Waals surface area contributed by atoms with E-state index in [1.165, 1.54) is 12.8 Å². The summed E-state index contributed by atoms with van der Waals surface area (Å²) in [5.41, 5.74) is 0.800.